The van der Waals surface area contributed by atoms with Crippen molar-refractivity contribution in [1.82, 2.24) is 14.4 Å². The molecule has 0 spiro atoms. The van der Waals surface area contributed by atoms with E-state index in [0.29, 0.717) is 16.9 Å². The van der Waals surface area contributed by atoms with E-state index in [9.17, 15) is 13.2 Å². The van der Waals surface area contributed by atoms with Crippen LogP contribution >= 0.6 is 22.6 Å². The highest BCUT2D eigenvalue weighted by atomic mass is 127. The predicted molar refractivity (Wildman–Crippen MR) is 77.8 cm³/mol. The average Bonchev–Trinajstić information content (AvgIpc) is 2.78. The fraction of sp³-hybridized carbons (Fsp3) is 0.0769. The van der Waals surface area contributed by atoms with Gasteiger partial charge in [0.1, 0.15) is 9.45 Å². The molecule has 0 saturated carbocycles. The Kier molecular flexibility index (Phi) is 3.47. The molecule has 0 aliphatic heterocycles. The molecule has 0 amide bonds. The number of hydrogen-bond acceptors (Lipinski definition) is 3. The molecule has 0 atom stereocenters. The van der Waals surface area contributed by atoms with E-state index in [1.54, 1.807) is 29.1 Å². The summed E-state index contributed by atoms with van der Waals surface area (Å²) in [5.74, 6) is -0.276. The van der Waals surface area contributed by atoms with E-state index in [4.69, 9.17) is 0 Å². The minimum atomic E-state index is -4.71. The smallest absolute Gasteiger partial charge is 0.406 e. The summed E-state index contributed by atoms with van der Waals surface area (Å²) in [4.78, 5) is 8.34. The molecular weight excluding hydrogens is 398 g/mol. The monoisotopic (exact) mass is 405 g/mol. The Morgan fingerprint density at radius 2 is 1.95 bits per heavy atom. The minimum Gasteiger partial charge on any atom is -0.406 e. The van der Waals surface area contributed by atoms with Crippen molar-refractivity contribution in [2.24, 2.45) is 0 Å². The first kappa shape index (κ1) is 14.1. The lowest BCUT2D eigenvalue weighted by atomic mass is 10.1. The first-order valence-electron chi connectivity index (χ1n) is 5.77. The molecule has 0 fully saturated rings. The first-order chi connectivity index (χ1) is 9.92. The second-order valence-electron chi connectivity index (χ2n) is 4.16. The minimum absolute atomic E-state index is 0.276. The molecule has 2 aromatic heterocycles. The van der Waals surface area contributed by atoms with Crippen LogP contribution in [0.2, 0.25) is 0 Å². The van der Waals surface area contributed by atoms with Crippen molar-refractivity contribution in [3.63, 3.8) is 0 Å². The molecule has 0 bridgehead atoms. The van der Waals surface area contributed by atoms with Crippen LogP contribution < -0.4 is 4.74 Å². The summed E-state index contributed by atoms with van der Waals surface area (Å²) in [5.41, 5.74) is 1.74. The van der Waals surface area contributed by atoms with Crippen LogP contribution in [0.5, 0.6) is 5.75 Å². The quantitative estimate of drug-likeness (QED) is 0.608. The molecule has 0 aliphatic rings. The highest BCUT2D eigenvalue weighted by Crippen LogP contribution is 2.27. The van der Waals surface area contributed by atoms with Gasteiger partial charge in [0.25, 0.3) is 0 Å². The zero-order valence-electron chi connectivity index (χ0n) is 10.3. The molecule has 0 radical (unpaired) electrons. The number of rotatable bonds is 2. The van der Waals surface area contributed by atoms with Gasteiger partial charge in [0.2, 0.25) is 0 Å². The number of alkyl halides is 3. The highest BCUT2D eigenvalue weighted by molar-refractivity contribution is 14.1. The Hall–Kier alpha value is -1.84. The second kappa shape index (κ2) is 5.17. The fourth-order valence-corrected chi connectivity index (χ4v) is 2.39. The van der Waals surface area contributed by atoms with Gasteiger partial charge in [-0.05, 0) is 34.7 Å². The summed E-state index contributed by atoms with van der Waals surface area (Å²) in [6, 6.07) is 5.70. The molecule has 108 valence electrons. The molecular formula is C13H7F3IN3O. The standard InChI is InChI=1S/C13H7F3IN3O/c14-13(15,16)21-9-3-1-2-8(4-9)10-7-20-11(17)5-19-12(20)6-18-10/h1-7H. The lowest BCUT2D eigenvalue weighted by molar-refractivity contribution is -0.274. The van der Waals surface area contributed by atoms with Gasteiger partial charge in [-0.3, -0.25) is 9.38 Å². The number of aromatic nitrogens is 3. The number of fused-ring (bicyclic) bond motifs is 1. The number of halogens is 4. The zero-order valence-corrected chi connectivity index (χ0v) is 12.5. The molecule has 0 aliphatic carbocycles. The Morgan fingerprint density at radius 3 is 2.71 bits per heavy atom. The molecule has 3 aromatic rings. The van der Waals surface area contributed by atoms with Crippen LogP contribution in [0.4, 0.5) is 13.2 Å². The molecule has 4 nitrogen and oxygen atoms in total. The van der Waals surface area contributed by atoms with Crippen LogP contribution in [-0.2, 0) is 0 Å². The van der Waals surface area contributed by atoms with Gasteiger partial charge in [0, 0.05) is 11.8 Å². The molecule has 2 heterocycles. The summed E-state index contributed by atoms with van der Waals surface area (Å²) < 4.78 is 43.3. The number of ether oxygens (including phenoxy) is 1. The van der Waals surface area contributed by atoms with E-state index in [1.807, 2.05) is 0 Å². The van der Waals surface area contributed by atoms with Crippen LogP contribution in [0.1, 0.15) is 0 Å². The van der Waals surface area contributed by atoms with Gasteiger partial charge < -0.3 is 4.74 Å². The average molecular weight is 405 g/mol. The van der Waals surface area contributed by atoms with Gasteiger partial charge in [0.15, 0.2) is 5.65 Å². The van der Waals surface area contributed by atoms with Gasteiger partial charge in [-0.15, -0.1) is 13.2 Å². The third-order valence-electron chi connectivity index (χ3n) is 2.71. The molecule has 21 heavy (non-hydrogen) atoms. The van der Waals surface area contributed by atoms with Crippen LogP contribution in [0.25, 0.3) is 16.9 Å². The van der Waals surface area contributed by atoms with Gasteiger partial charge >= 0.3 is 6.36 Å². The third kappa shape index (κ3) is 3.09. The summed E-state index contributed by atoms with van der Waals surface area (Å²) in [7, 11) is 0. The Balaban J connectivity index is 2.01. The molecule has 8 heteroatoms. The third-order valence-corrected chi connectivity index (χ3v) is 3.51. The van der Waals surface area contributed by atoms with Crippen molar-refractivity contribution in [3.8, 4) is 17.0 Å². The van der Waals surface area contributed by atoms with Gasteiger partial charge in [-0.2, -0.15) is 0 Å². The van der Waals surface area contributed by atoms with Crippen molar-refractivity contribution >= 4 is 28.2 Å². The number of imidazole rings is 1. The van der Waals surface area contributed by atoms with Gasteiger partial charge in [0.05, 0.1) is 18.1 Å². The number of nitrogens with zero attached hydrogens (tertiary/aromatic N) is 3. The zero-order chi connectivity index (χ0) is 15.0. The van der Waals surface area contributed by atoms with Crippen molar-refractivity contribution in [2.45, 2.75) is 6.36 Å². The maximum absolute atomic E-state index is 12.2. The van der Waals surface area contributed by atoms with E-state index in [2.05, 4.69) is 37.3 Å². The second-order valence-corrected chi connectivity index (χ2v) is 5.26. The Bertz CT molecular complexity index is 801. The van der Waals surface area contributed by atoms with E-state index in [0.717, 1.165) is 3.70 Å². The highest BCUT2D eigenvalue weighted by Gasteiger charge is 2.31. The van der Waals surface area contributed by atoms with E-state index in [1.165, 1.54) is 18.2 Å². The van der Waals surface area contributed by atoms with Crippen LogP contribution in [0, 0.1) is 3.70 Å². The van der Waals surface area contributed by atoms with Crippen LogP contribution in [0.15, 0.2) is 42.9 Å². The molecule has 3 rings (SSSR count). The lowest BCUT2D eigenvalue weighted by Gasteiger charge is -2.10. The van der Waals surface area contributed by atoms with Crippen LogP contribution in [0.3, 0.4) is 0 Å². The molecule has 0 unspecified atom stereocenters. The van der Waals surface area contributed by atoms with E-state index < -0.39 is 6.36 Å². The maximum atomic E-state index is 12.2. The number of benzene rings is 1. The van der Waals surface area contributed by atoms with Crippen molar-refractivity contribution in [2.75, 3.05) is 0 Å². The summed E-state index contributed by atoms with van der Waals surface area (Å²) in [6.45, 7) is 0. The van der Waals surface area contributed by atoms with Gasteiger partial charge in [-0.1, -0.05) is 12.1 Å². The van der Waals surface area contributed by atoms with Crippen molar-refractivity contribution in [3.05, 3.63) is 46.6 Å². The Labute approximate surface area is 130 Å². The first-order valence-corrected chi connectivity index (χ1v) is 6.85. The van der Waals surface area contributed by atoms with E-state index in [-0.39, 0.29) is 5.75 Å². The largest absolute Gasteiger partial charge is 0.573 e. The predicted octanol–water partition coefficient (Wildman–Crippen LogP) is 3.90. The Morgan fingerprint density at radius 1 is 1.14 bits per heavy atom. The fourth-order valence-electron chi connectivity index (χ4n) is 1.86. The molecule has 0 N–H and O–H groups in total. The lowest BCUT2D eigenvalue weighted by Crippen LogP contribution is -2.17. The van der Waals surface area contributed by atoms with E-state index >= 15 is 0 Å². The number of hydrogen-bond donors (Lipinski definition) is 0. The summed E-state index contributed by atoms with van der Waals surface area (Å²) in [5, 5.41) is 0. The topological polar surface area (TPSA) is 39.4 Å². The summed E-state index contributed by atoms with van der Waals surface area (Å²) >= 11 is 2.11. The van der Waals surface area contributed by atoms with Crippen molar-refractivity contribution < 1.29 is 17.9 Å². The maximum Gasteiger partial charge on any atom is 0.573 e. The normalized spacial score (nSPS) is 11.8. The SMILES string of the molecule is FC(F)(F)Oc1cccc(-c2cn3c(I)cnc3cn2)c1. The molecule has 0 saturated heterocycles. The summed E-state index contributed by atoms with van der Waals surface area (Å²) in [6.07, 6.45) is 0.256. The van der Waals surface area contributed by atoms with Crippen LogP contribution in [-0.4, -0.2) is 20.7 Å². The van der Waals surface area contributed by atoms with Gasteiger partial charge in [-0.25, -0.2) is 4.98 Å². The molecule has 1 aromatic carbocycles. The van der Waals surface area contributed by atoms with Crippen molar-refractivity contribution in [1.29, 1.82) is 0 Å².